The molecule has 0 heterocycles. The van der Waals surface area contributed by atoms with Crippen LogP contribution in [0, 0.1) is 45.3 Å². The first-order valence-electron chi connectivity index (χ1n) is 23.2. The molecule has 60 heavy (non-hydrogen) atoms. The van der Waals surface area contributed by atoms with Crippen molar-refractivity contribution >= 4 is 29.1 Å². The zero-order valence-electron chi connectivity index (χ0n) is 39.4. The topological polar surface area (TPSA) is 153 Å². The van der Waals surface area contributed by atoms with Crippen LogP contribution < -0.4 is 5.32 Å². The van der Waals surface area contributed by atoms with E-state index < -0.39 is 11.0 Å². The summed E-state index contributed by atoms with van der Waals surface area (Å²) in [4.78, 5) is 58.3. The lowest BCUT2D eigenvalue weighted by Gasteiger charge is -2.59. The number of nitrogens with zero attached hydrogens (tertiary/aromatic N) is 3. The van der Waals surface area contributed by atoms with E-state index >= 15 is 0 Å². The lowest BCUT2D eigenvalue weighted by atomic mass is 9.46. The van der Waals surface area contributed by atoms with Gasteiger partial charge in [0, 0.05) is 70.0 Å². The van der Waals surface area contributed by atoms with Gasteiger partial charge in [-0.25, -0.2) is 0 Å². The van der Waals surface area contributed by atoms with Crippen LogP contribution in [0.15, 0.2) is 11.6 Å². The van der Waals surface area contributed by atoms with E-state index in [1.54, 1.807) is 14.2 Å². The molecule has 2 amide bonds. The minimum atomic E-state index is -0.711. The van der Waals surface area contributed by atoms with E-state index in [0.717, 1.165) is 64.2 Å². The highest BCUT2D eigenvalue weighted by atomic mass is 16.5. The van der Waals surface area contributed by atoms with Gasteiger partial charge in [0.1, 0.15) is 0 Å². The minimum Gasteiger partial charge on any atom is -0.389 e. The van der Waals surface area contributed by atoms with Gasteiger partial charge in [-0.05, 0) is 119 Å². The van der Waals surface area contributed by atoms with Crippen LogP contribution in [0.4, 0.5) is 0 Å². The Labute approximate surface area is 362 Å². The Morgan fingerprint density at radius 2 is 1.52 bits per heavy atom. The van der Waals surface area contributed by atoms with Crippen molar-refractivity contribution in [3.05, 3.63) is 11.6 Å². The number of hydrogen-bond acceptors (Lipinski definition) is 10. The molecule has 12 heteroatoms. The smallest absolute Gasteiger partial charge is 0.242 e. The van der Waals surface area contributed by atoms with Crippen molar-refractivity contribution in [3.63, 3.8) is 0 Å². The van der Waals surface area contributed by atoms with E-state index in [4.69, 9.17) is 14.9 Å². The van der Waals surface area contributed by atoms with Crippen LogP contribution in [0.2, 0.25) is 0 Å². The van der Waals surface area contributed by atoms with Gasteiger partial charge in [-0.15, -0.1) is 0 Å². The SMILES string of the molecule is CCC(C)C(C)(C)C(=O)CN(CCOC)C(=O)CN(CCOC)C(=O)CN(CC(=N)CNC(C)CCC1(O)CCC2C3CCC4=CC(=O)CCC4(C)C3CCC21C)C(C)C. The first-order valence-corrected chi connectivity index (χ1v) is 23.2. The Balaban J connectivity index is 1.30. The lowest BCUT2D eigenvalue weighted by molar-refractivity contribution is -0.144. The molecule has 3 saturated carbocycles. The second kappa shape index (κ2) is 21.2. The van der Waals surface area contributed by atoms with E-state index in [1.807, 2.05) is 45.6 Å². The molecule has 12 nitrogen and oxygen atoms in total. The molecule has 0 aliphatic heterocycles. The Bertz CT molecular complexity index is 1550. The van der Waals surface area contributed by atoms with Crippen LogP contribution in [0.3, 0.4) is 0 Å². The number of Topliss-reactive ketones (excluding diaryl/α,β-unsaturated/α-hetero) is 1. The normalized spacial score (nSPS) is 28.7. The summed E-state index contributed by atoms with van der Waals surface area (Å²) in [6, 6.07) is 0.0727. The molecule has 0 spiro atoms. The maximum absolute atomic E-state index is 13.9. The third-order valence-corrected chi connectivity index (χ3v) is 16.5. The number of methoxy groups -OCH3 is 2. The monoisotopic (exact) mass is 842 g/mol. The molecule has 4 aliphatic rings. The van der Waals surface area contributed by atoms with Crippen molar-refractivity contribution in [1.29, 1.82) is 5.41 Å². The number of nitrogens with one attached hydrogen (secondary N) is 2. The number of fused-ring (bicyclic) bond motifs is 5. The standard InChI is InChI=1S/C48H83N5O7/c1-12-34(4)45(6,7)42(55)30-51(23-25-59-10)43(56)31-52(24-26-60-11)44(57)32-53(33(2)3)29-37(49)28-50-35(5)15-21-48(58)22-18-41-39-14-13-36-27-38(54)16-19-46(36,8)40(39)17-20-47(41,48)9/h27,33-35,39-41,49-50,58H,12-26,28-32H2,1-11H3. The summed E-state index contributed by atoms with van der Waals surface area (Å²) in [7, 11) is 3.12. The largest absolute Gasteiger partial charge is 0.389 e. The molecular weight excluding hydrogens is 759 g/mol. The quantitative estimate of drug-likeness (QED) is 0.0948. The molecular formula is C48H83N5O7. The van der Waals surface area contributed by atoms with E-state index in [-0.39, 0.29) is 92.4 Å². The fourth-order valence-corrected chi connectivity index (χ4v) is 11.3. The summed E-state index contributed by atoms with van der Waals surface area (Å²) >= 11 is 0. The first kappa shape index (κ1) is 50.1. The van der Waals surface area contributed by atoms with Gasteiger partial charge in [0.05, 0.1) is 38.4 Å². The van der Waals surface area contributed by atoms with Crippen LogP contribution in [-0.4, -0.2) is 140 Å². The third-order valence-electron chi connectivity index (χ3n) is 16.5. The second-order valence-electron chi connectivity index (χ2n) is 20.5. The maximum Gasteiger partial charge on any atom is 0.242 e. The first-order chi connectivity index (χ1) is 28.2. The molecule has 0 bridgehead atoms. The number of hydrogen-bond donors (Lipinski definition) is 3. The minimum absolute atomic E-state index is 0.0200. The van der Waals surface area contributed by atoms with Gasteiger partial charge in [0.25, 0.3) is 0 Å². The van der Waals surface area contributed by atoms with E-state index in [0.29, 0.717) is 48.8 Å². The number of carbonyl (C=O) groups excluding carboxylic acids is 4. The number of aliphatic hydroxyl groups is 1. The zero-order valence-corrected chi connectivity index (χ0v) is 39.4. The Morgan fingerprint density at radius 1 is 0.900 bits per heavy atom. The molecule has 3 fully saturated rings. The summed E-state index contributed by atoms with van der Waals surface area (Å²) in [5.41, 5.74) is 0.547. The lowest BCUT2D eigenvalue weighted by Crippen LogP contribution is -2.55. The Kier molecular flexibility index (Phi) is 17.8. The van der Waals surface area contributed by atoms with Crippen LogP contribution in [-0.2, 0) is 28.7 Å². The molecule has 8 unspecified atom stereocenters. The van der Waals surface area contributed by atoms with Gasteiger partial charge < -0.3 is 35.1 Å². The molecule has 8 atom stereocenters. The van der Waals surface area contributed by atoms with Gasteiger partial charge in [-0.2, -0.15) is 0 Å². The van der Waals surface area contributed by atoms with E-state index in [1.165, 1.54) is 15.4 Å². The zero-order chi connectivity index (χ0) is 44.6. The molecule has 4 rings (SSSR count). The number of allylic oxidation sites excluding steroid dienone is 1. The predicted octanol–water partition coefficient (Wildman–Crippen LogP) is 6.33. The number of ketones is 2. The van der Waals surface area contributed by atoms with Crippen LogP contribution in [0.25, 0.3) is 0 Å². The Hall–Kier alpha value is -2.51. The van der Waals surface area contributed by atoms with Crippen molar-refractivity contribution in [1.82, 2.24) is 20.0 Å². The van der Waals surface area contributed by atoms with Crippen molar-refractivity contribution < 1.29 is 33.8 Å². The average Bonchev–Trinajstić information content (AvgIpc) is 3.48. The molecule has 342 valence electrons. The summed E-state index contributed by atoms with van der Waals surface area (Å²) in [5, 5.41) is 24.8. The van der Waals surface area contributed by atoms with Crippen molar-refractivity contribution in [3.8, 4) is 0 Å². The maximum atomic E-state index is 13.9. The number of carbonyl (C=O) groups is 4. The highest BCUT2D eigenvalue weighted by Gasteiger charge is 2.63. The summed E-state index contributed by atoms with van der Waals surface area (Å²) in [6.07, 6.45) is 12.2. The fraction of sp³-hybridized carbons (Fsp3) is 0.854. The van der Waals surface area contributed by atoms with Crippen LogP contribution in [0.1, 0.15) is 133 Å². The summed E-state index contributed by atoms with van der Waals surface area (Å²) in [5.74, 6) is 1.58. The van der Waals surface area contributed by atoms with E-state index in [2.05, 4.69) is 33.0 Å². The predicted molar refractivity (Wildman–Crippen MR) is 238 cm³/mol. The molecule has 0 aromatic heterocycles. The van der Waals surface area contributed by atoms with Crippen molar-refractivity contribution in [2.45, 2.75) is 151 Å². The molecule has 0 aromatic rings. The fourth-order valence-electron chi connectivity index (χ4n) is 11.3. The van der Waals surface area contributed by atoms with Crippen LogP contribution in [0.5, 0.6) is 0 Å². The van der Waals surface area contributed by atoms with Gasteiger partial charge >= 0.3 is 0 Å². The summed E-state index contributed by atoms with van der Waals surface area (Å²) < 4.78 is 10.6. The van der Waals surface area contributed by atoms with Crippen molar-refractivity contribution in [2.75, 3.05) is 73.2 Å². The molecule has 4 aliphatic carbocycles. The highest BCUT2D eigenvalue weighted by Crippen LogP contribution is 2.68. The highest BCUT2D eigenvalue weighted by molar-refractivity contribution is 5.92. The van der Waals surface area contributed by atoms with Gasteiger partial charge in [-0.1, -0.05) is 53.5 Å². The number of amides is 2. The van der Waals surface area contributed by atoms with Gasteiger partial charge in [0.15, 0.2) is 11.6 Å². The van der Waals surface area contributed by atoms with E-state index in [9.17, 15) is 24.3 Å². The third kappa shape index (κ3) is 11.3. The molecule has 0 saturated heterocycles. The molecule has 0 radical (unpaired) electrons. The van der Waals surface area contributed by atoms with Gasteiger partial charge in [-0.3, -0.25) is 24.1 Å². The summed E-state index contributed by atoms with van der Waals surface area (Å²) in [6.45, 7) is 20.3. The Morgan fingerprint density at radius 3 is 2.13 bits per heavy atom. The number of rotatable bonds is 24. The van der Waals surface area contributed by atoms with Crippen molar-refractivity contribution in [2.24, 2.45) is 39.9 Å². The van der Waals surface area contributed by atoms with Gasteiger partial charge in [0.2, 0.25) is 11.8 Å². The van der Waals surface area contributed by atoms with Crippen LogP contribution >= 0.6 is 0 Å². The second-order valence-corrected chi connectivity index (χ2v) is 20.5. The molecule has 0 aromatic carbocycles. The number of ether oxygens (including phenoxy) is 2. The molecule has 3 N–H and O–H groups in total. The average molecular weight is 842 g/mol.